The second-order valence-corrected chi connectivity index (χ2v) is 10.4. The van der Waals surface area contributed by atoms with Crippen LogP contribution in [0.2, 0.25) is 0 Å². The summed E-state index contributed by atoms with van der Waals surface area (Å²) in [6.07, 6.45) is -1.52. The van der Waals surface area contributed by atoms with E-state index in [0.717, 1.165) is 23.1 Å². The van der Waals surface area contributed by atoms with Gasteiger partial charge in [0, 0.05) is 10.3 Å². The summed E-state index contributed by atoms with van der Waals surface area (Å²) in [5, 5.41) is 49.2. The zero-order valence-electron chi connectivity index (χ0n) is 16.5. The van der Waals surface area contributed by atoms with E-state index >= 15 is 0 Å². The number of aromatic hydroxyl groups is 1. The molecule has 3 rings (SSSR count). The second kappa shape index (κ2) is 11.3. The van der Waals surface area contributed by atoms with Gasteiger partial charge in [-0.15, -0.1) is 5.10 Å². The van der Waals surface area contributed by atoms with Crippen LogP contribution in [-0.2, 0) is 11.3 Å². The predicted molar refractivity (Wildman–Crippen MR) is 124 cm³/mol. The number of nitrogens with zero attached hydrogens (tertiary/aromatic N) is 4. The highest BCUT2D eigenvalue weighted by molar-refractivity contribution is 9.11. The Morgan fingerprint density at radius 1 is 1.25 bits per heavy atom. The molecular formula is C18H19Br2FN4O5S2. The van der Waals surface area contributed by atoms with E-state index in [1.807, 2.05) is 0 Å². The average molecular weight is 614 g/mol. The van der Waals surface area contributed by atoms with Crippen LogP contribution in [0, 0.1) is 5.82 Å². The topological polar surface area (TPSA) is 134 Å². The monoisotopic (exact) mass is 612 g/mol. The van der Waals surface area contributed by atoms with E-state index in [0.29, 0.717) is 16.3 Å². The van der Waals surface area contributed by atoms with Gasteiger partial charge in [-0.2, -0.15) is 0 Å². The smallest absolute Gasteiger partial charge is 0.271 e. The normalized spacial score (nSPS) is 15.5. The van der Waals surface area contributed by atoms with E-state index < -0.39 is 36.2 Å². The number of benzene rings is 1. The minimum atomic E-state index is -1.14. The molecule has 0 aliphatic heterocycles. The Bertz CT molecular complexity index is 1030. The molecule has 3 aromatic rings. The molecule has 0 amide bonds. The first-order valence-corrected chi connectivity index (χ1v) is 12.5. The summed E-state index contributed by atoms with van der Waals surface area (Å²) in [5.41, 5.74) is -0.0738. The Hall–Kier alpha value is -1.13. The molecule has 1 aromatic carbocycles. The Morgan fingerprint density at radius 2 is 1.94 bits per heavy atom. The van der Waals surface area contributed by atoms with E-state index in [-0.39, 0.29) is 20.7 Å². The third-order valence-electron chi connectivity index (χ3n) is 4.22. The molecule has 4 N–H and O–H groups in total. The van der Waals surface area contributed by atoms with Gasteiger partial charge in [0.05, 0.1) is 34.4 Å². The number of thiazole rings is 1. The molecule has 2 aromatic heterocycles. The van der Waals surface area contributed by atoms with Gasteiger partial charge < -0.3 is 25.2 Å². The van der Waals surface area contributed by atoms with Crippen molar-refractivity contribution in [2.45, 2.75) is 42.1 Å². The fourth-order valence-electron chi connectivity index (χ4n) is 2.58. The number of aliphatic hydroxyl groups is 3. The standard InChI is InChI=1S/C18H19Br2FN4O5S2/c1-8(27)15(6-26)30-17(32-9-2-10(19)16(21)11(20)3-9)14(28)5-25-4-12(23-24-25)13-7-31-18(29)22-13/h2-4,7-8,14-15,17,26-28H,5-6H2,1H3,(H,22,29)/t8-,14+,15?,17?/m1/s1. The predicted octanol–water partition coefficient (Wildman–Crippen LogP) is 3.01. The van der Waals surface area contributed by atoms with Crippen molar-refractivity contribution in [3.05, 3.63) is 38.5 Å². The van der Waals surface area contributed by atoms with Gasteiger partial charge in [0.15, 0.2) is 5.82 Å². The summed E-state index contributed by atoms with van der Waals surface area (Å²) in [6, 6.07) is 3.07. The van der Waals surface area contributed by atoms with Crippen LogP contribution in [0.3, 0.4) is 0 Å². The van der Waals surface area contributed by atoms with Crippen molar-refractivity contribution in [2.24, 2.45) is 0 Å². The maximum absolute atomic E-state index is 13.9. The molecule has 2 unspecified atom stereocenters. The summed E-state index contributed by atoms with van der Waals surface area (Å²) in [4.78, 5) is 4.51. The number of hydrogen-bond acceptors (Lipinski definition) is 10. The van der Waals surface area contributed by atoms with Gasteiger partial charge in [-0.25, -0.2) is 14.1 Å². The minimum Gasteiger partial charge on any atom is -0.486 e. The summed E-state index contributed by atoms with van der Waals surface area (Å²) < 4.78 is 21.5. The van der Waals surface area contributed by atoms with E-state index in [1.165, 1.54) is 23.7 Å². The summed E-state index contributed by atoms with van der Waals surface area (Å²) in [6.45, 7) is 0.981. The van der Waals surface area contributed by atoms with Crippen molar-refractivity contribution < 1.29 is 29.6 Å². The number of aliphatic hydroxyl groups excluding tert-OH is 3. The maximum Gasteiger partial charge on any atom is 0.271 e. The van der Waals surface area contributed by atoms with Crippen molar-refractivity contribution in [2.75, 3.05) is 6.61 Å². The van der Waals surface area contributed by atoms with E-state index in [2.05, 4.69) is 47.2 Å². The fraction of sp³-hybridized carbons (Fsp3) is 0.389. The SMILES string of the molecule is C[C@@H](O)C(CO)OC(Sc1cc(Br)c(F)c(Br)c1)[C@@H](O)Cn1cc(-c2csc(O)n2)nn1. The van der Waals surface area contributed by atoms with Gasteiger partial charge in [-0.3, -0.25) is 0 Å². The molecule has 4 atom stereocenters. The molecule has 0 fully saturated rings. The molecule has 2 heterocycles. The fourth-order valence-corrected chi connectivity index (χ4v) is 5.69. The molecule has 9 nitrogen and oxygen atoms in total. The molecule has 0 radical (unpaired) electrons. The molecule has 32 heavy (non-hydrogen) atoms. The highest BCUT2D eigenvalue weighted by atomic mass is 79.9. The second-order valence-electron chi connectivity index (χ2n) is 6.69. The van der Waals surface area contributed by atoms with Gasteiger partial charge in [-0.05, 0) is 50.9 Å². The van der Waals surface area contributed by atoms with Crippen LogP contribution in [0.15, 0.2) is 37.6 Å². The highest BCUT2D eigenvalue weighted by Gasteiger charge is 2.28. The lowest BCUT2D eigenvalue weighted by Crippen LogP contribution is -2.39. The van der Waals surface area contributed by atoms with E-state index in [1.54, 1.807) is 11.6 Å². The number of ether oxygens (including phenoxy) is 1. The number of hydrogen-bond donors (Lipinski definition) is 4. The van der Waals surface area contributed by atoms with Gasteiger partial charge in [0.25, 0.3) is 5.19 Å². The Kier molecular flexibility index (Phi) is 9.03. The summed E-state index contributed by atoms with van der Waals surface area (Å²) >= 11 is 8.44. The van der Waals surface area contributed by atoms with Crippen molar-refractivity contribution >= 4 is 55.0 Å². The molecule has 174 valence electrons. The molecule has 0 bridgehead atoms. The van der Waals surface area contributed by atoms with Crippen LogP contribution < -0.4 is 0 Å². The van der Waals surface area contributed by atoms with E-state index in [9.17, 15) is 24.8 Å². The number of aromatic nitrogens is 4. The third-order valence-corrected chi connectivity index (χ3v) is 7.18. The van der Waals surface area contributed by atoms with Crippen LogP contribution in [-0.4, -0.2) is 70.8 Å². The van der Waals surface area contributed by atoms with Crippen molar-refractivity contribution in [3.63, 3.8) is 0 Å². The van der Waals surface area contributed by atoms with Crippen LogP contribution in [0.1, 0.15) is 6.92 Å². The Morgan fingerprint density at radius 3 is 2.50 bits per heavy atom. The maximum atomic E-state index is 13.9. The first kappa shape index (κ1) is 25.5. The lowest BCUT2D eigenvalue weighted by molar-refractivity contribution is -0.0972. The summed E-state index contributed by atoms with van der Waals surface area (Å²) in [7, 11) is 0. The lowest BCUT2D eigenvalue weighted by Gasteiger charge is -2.28. The molecule has 0 saturated heterocycles. The Labute approximate surface area is 207 Å². The number of rotatable bonds is 10. The number of halogens is 3. The highest BCUT2D eigenvalue weighted by Crippen LogP contribution is 2.35. The first-order chi connectivity index (χ1) is 15.2. The van der Waals surface area contributed by atoms with Gasteiger partial charge in [-0.1, -0.05) is 28.3 Å². The van der Waals surface area contributed by atoms with Crippen molar-refractivity contribution in [1.29, 1.82) is 0 Å². The Balaban J connectivity index is 1.79. The minimum absolute atomic E-state index is 0.0255. The third kappa shape index (κ3) is 6.47. The molecule has 0 aliphatic carbocycles. The number of thioether (sulfide) groups is 1. The van der Waals surface area contributed by atoms with Gasteiger partial charge >= 0.3 is 0 Å². The van der Waals surface area contributed by atoms with Crippen molar-refractivity contribution in [1.82, 2.24) is 20.0 Å². The van der Waals surface area contributed by atoms with Gasteiger partial charge in [0.1, 0.15) is 29.0 Å². The van der Waals surface area contributed by atoms with Crippen LogP contribution >= 0.6 is 55.0 Å². The zero-order chi connectivity index (χ0) is 23.4. The van der Waals surface area contributed by atoms with E-state index in [4.69, 9.17) is 4.74 Å². The van der Waals surface area contributed by atoms with Gasteiger partial charge in [0.2, 0.25) is 0 Å². The average Bonchev–Trinajstić information content (AvgIpc) is 3.37. The van der Waals surface area contributed by atoms with Crippen molar-refractivity contribution in [3.8, 4) is 16.6 Å². The largest absolute Gasteiger partial charge is 0.486 e. The molecule has 0 spiro atoms. The zero-order valence-corrected chi connectivity index (χ0v) is 21.3. The van der Waals surface area contributed by atoms with Crippen LogP contribution in [0.4, 0.5) is 4.39 Å². The quantitative estimate of drug-likeness (QED) is 0.155. The molecule has 0 saturated carbocycles. The van der Waals surface area contributed by atoms with Crippen LogP contribution in [0.25, 0.3) is 11.4 Å². The summed E-state index contributed by atoms with van der Waals surface area (Å²) in [5.74, 6) is -0.465. The molecular weight excluding hydrogens is 595 g/mol. The molecule has 0 aliphatic rings. The van der Waals surface area contributed by atoms with Crippen LogP contribution in [0.5, 0.6) is 5.19 Å². The first-order valence-electron chi connectivity index (χ1n) is 9.16. The molecule has 14 heteroatoms. The lowest BCUT2D eigenvalue weighted by atomic mass is 10.2.